The summed E-state index contributed by atoms with van der Waals surface area (Å²) in [6.07, 6.45) is -10.7. The molecule has 0 fully saturated rings. The molecule has 0 saturated carbocycles. The van der Waals surface area contributed by atoms with Crippen LogP contribution in [0.25, 0.3) is 0 Å². The second-order valence-corrected chi connectivity index (χ2v) is 3.53. The van der Waals surface area contributed by atoms with E-state index in [2.05, 4.69) is 0 Å². The van der Waals surface area contributed by atoms with Gasteiger partial charge in [-0.15, -0.1) is 0 Å². The van der Waals surface area contributed by atoms with Gasteiger partial charge >= 0.3 is 18.3 Å². The summed E-state index contributed by atoms with van der Waals surface area (Å²) in [7, 11) is 0. The Hall–Kier alpha value is -1.44. The fourth-order valence-electron chi connectivity index (χ4n) is 1.25. The molecule has 1 N–H and O–H groups in total. The number of alkyl halides is 6. The van der Waals surface area contributed by atoms with Crippen LogP contribution in [0.1, 0.15) is 21.5 Å². The van der Waals surface area contributed by atoms with Crippen molar-refractivity contribution in [3.8, 4) is 0 Å². The fraction of sp³-hybridized carbons (Fsp3) is 0.222. The van der Waals surface area contributed by atoms with E-state index in [9.17, 15) is 31.1 Å². The van der Waals surface area contributed by atoms with Crippen molar-refractivity contribution in [3.63, 3.8) is 0 Å². The SMILES string of the molecule is O=C(O)c1ccc(C(F)(F)F)c(C(F)(F)F)c1Cl. The van der Waals surface area contributed by atoms with Crippen molar-refractivity contribution in [1.29, 1.82) is 0 Å². The Morgan fingerprint density at radius 3 is 1.89 bits per heavy atom. The molecule has 0 heterocycles. The summed E-state index contributed by atoms with van der Waals surface area (Å²) in [6, 6.07) is 0.418. The third-order valence-corrected chi connectivity index (χ3v) is 2.35. The van der Waals surface area contributed by atoms with Gasteiger partial charge in [0.2, 0.25) is 0 Å². The van der Waals surface area contributed by atoms with Gasteiger partial charge in [0.05, 0.1) is 21.7 Å². The number of carbonyl (C=O) groups is 1. The van der Waals surface area contributed by atoms with E-state index < -0.39 is 40.0 Å². The van der Waals surface area contributed by atoms with E-state index in [1.54, 1.807) is 0 Å². The van der Waals surface area contributed by atoms with Crippen LogP contribution < -0.4 is 0 Å². The van der Waals surface area contributed by atoms with Crippen LogP contribution in [-0.4, -0.2) is 11.1 Å². The third-order valence-electron chi connectivity index (χ3n) is 1.96. The smallest absolute Gasteiger partial charge is 0.418 e. The largest absolute Gasteiger partial charge is 0.478 e. The molecule has 2 nitrogen and oxygen atoms in total. The van der Waals surface area contributed by atoms with Gasteiger partial charge in [-0.3, -0.25) is 0 Å². The zero-order chi connectivity index (χ0) is 14.3. The Morgan fingerprint density at radius 2 is 1.56 bits per heavy atom. The lowest BCUT2D eigenvalue weighted by Gasteiger charge is -2.17. The van der Waals surface area contributed by atoms with Crippen LogP contribution in [0, 0.1) is 0 Å². The molecular formula is C9H3ClF6O2. The Kier molecular flexibility index (Phi) is 3.53. The van der Waals surface area contributed by atoms with E-state index in [1.165, 1.54) is 0 Å². The summed E-state index contributed by atoms with van der Waals surface area (Å²) >= 11 is 5.10. The average molecular weight is 293 g/mol. The van der Waals surface area contributed by atoms with Crippen LogP contribution in [0.4, 0.5) is 26.3 Å². The quantitative estimate of drug-likeness (QED) is 0.792. The first-order valence-electron chi connectivity index (χ1n) is 4.16. The van der Waals surface area contributed by atoms with Crippen molar-refractivity contribution >= 4 is 17.6 Å². The van der Waals surface area contributed by atoms with E-state index in [4.69, 9.17) is 16.7 Å². The zero-order valence-electron chi connectivity index (χ0n) is 8.16. The lowest BCUT2D eigenvalue weighted by molar-refractivity contribution is -0.162. The summed E-state index contributed by atoms with van der Waals surface area (Å²) in [6.45, 7) is 0. The first-order chi connectivity index (χ1) is 7.96. The Balaban J connectivity index is 3.69. The van der Waals surface area contributed by atoms with Crippen LogP contribution in [0.3, 0.4) is 0 Å². The Labute approximate surface area is 101 Å². The molecule has 0 aliphatic carbocycles. The summed E-state index contributed by atoms with van der Waals surface area (Å²) in [4.78, 5) is 10.5. The Bertz CT molecular complexity index is 491. The second kappa shape index (κ2) is 4.34. The highest BCUT2D eigenvalue weighted by molar-refractivity contribution is 6.34. The molecule has 1 aromatic carbocycles. The molecule has 9 heteroatoms. The molecule has 0 aromatic heterocycles. The number of hydrogen-bond acceptors (Lipinski definition) is 1. The van der Waals surface area contributed by atoms with Crippen LogP contribution in [-0.2, 0) is 12.4 Å². The minimum atomic E-state index is -5.41. The highest BCUT2D eigenvalue weighted by Crippen LogP contribution is 2.44. The van der Waals surface area contributed by atoms with E-state index in [0.717, 1.165) is 0 Å². The molecular weight excluding hydrogens is 290 g/mol. The van der Waals surface area contributed by atoms with E-state index >= 15 is 0 Å². The van der Waals surface area contributed by atoms with Gasteiger partial charge in [-0.25, -0.2) is 4.79 Å². The number of hydrogen-bond donors (Lipinski definition) is 1. The first-order valence-corrected chi connectivity index (χ1v) is 4.54. The van der Waals surface area contributed by atoms with Gasteiger partial charge in [0.25, 0.3) is 0 Å². The normalized spacial score (nSPS) is 12.6. The molecule has 100 valence electrons. The maximum atomic E-state index is 12.5. The lowest BCUT2D eigenvalue weighted by Crippen LogP contribution is -2.18. The van der Waals surface area contributed by atoms with Gasteiger partial charge in [-0.1, -0.05) is 11.6 Å². The molecule has 18 heavy (non-hydrogen) atoms. The van der Waals surface area contributed by atoms with Crippen molar-refractivity contribution in [1.82, 2.24) is 0 Å². The Morgan fingerprint density at radius 1 is 1.06 bits per heavy atom. The fourth-order valence-corrected chi connectivity index (χ4v) is 1.61. The summed E-state index contributed by atoms with van der Waals surface area (Å²) in [5, 5.41) is 7.03. The van der Waals surface area contributed by atoms with E-state index in [0.29, 0.717) is 6.07 Å². The average Bonchev–Trinajstić information content (AvgIpc) is 2.12. The molecule has 0 radical (unpaired) electrons. The topological polar surface area (TPSA) is 37.3 Å². The van der Waals surface area contributed by atoms with Crippen LogP contribution in [0.2, 0.25) is 5.02 Å². The number of carboxylic acid groups (broad SMARTS) is 1. The van der Waals surface area contributed by atoms with Gasteiger partial charge < -0.3 is 5.11 Å². The first kappa shape index (κ1) is 14.6. The predicted octanol–water partition coefficient (Wildman–Crippen LogP) is 4.08. The van der Waals surface area contributed by atoms with Crippen LogP contribution in [0.5, 0.6) is 0 Å². The molecule has 1 rings (SSSR count). The minimum absolute atomic E-state index is 0.0398. The zero-order valence-corrected chi connectivity index (χ0v) is 8.91. The number of aromatic carboxylic acids is 1. The van der Waals surface area contributed by atoms with E-state index in [1.807, 2.05) is 0 Å². The highest BCUT2D eigenvalue weighted by Gasteiger charge is 2.45. The molecule has 0 spiro atoms. The van der Waals surface area contributed by atoms with Crippen LogP contribution in [0.15, 0.2) is 12.1 Å². The highest BCUT2D eigenvalue weighted by atomic mass is 35.5. The van der Waals surface area contributed by atoms with Gasteiger partial charge in [0.15, 0.2) is 0 Å². The van der Waals surface area contributed by atoms with Crippen molar-refractivity contribution in [2.45, 2.75) is 12.4 Å². The molecule has 0 bridgehead atoms. The molecule has 0 amide bonds. The number of carboxylic acids is 1. The minimum Gasteiger partial charge on any atom is -0.478 e. The predicted molar refractivity (Wildman–Crippen MR) is 48.4 cm³/mol. The third kappa shape index (κ3) is 2.69. The van der Waals surface area contributed by atoms with Gasteiger partial charge in [-0.2, -0.15) is 26.3 Å². The second-order valence-electron chi connectivity index (χ2n) is 3.15. The molecule has 0 aliphatic rings. The number of rotatable bonds is 1. The summed E-state index contributed by atoms with van der Waals surface area (Å²) in [5.74, 6) is -1.85. The lowest BCUT2D eigenvalue weighted by atomic mass is 10.0. The number of benzene rings is 1. The molecule has 0 saturated heterocycles. The van der Waals surface area contributed by atoms with Crippen molar-refractivity contribution < 1.29 is 36.2 Å². The van der Waals surface area contributed by atoms with Gasteiger partial charge in [0.1, 0.15) is 0 Å². The standard InChI is InChI=1S/C9H3ClF6O2/c10-6-3(7(17)18)1-2-4(8(11,12)13)5(6)9(14,15)16/h1-2H,(H,17,18). The monoisotopic (exact) mass is 292 g/mol. The number of halogens is 7. The molecule has 0 unspecified atom stereocenters. The van der Waals surface area contributed by atoms with Crippen molar-refractivity contribution in [2.24, 2.45) is 0 Å². The van der Waals surface area contributed by atoms with Gasteiger partial charge in [0, 0.05) is 0 Å². The molecule has 1 aromatic rings. The van der Waals surface area contributed by atoms with Crippen LogP contribution >= 0.6 is 11.6 Å². The van der Waals surface area contributed by atoms with Crippen molar-refractivity contribution in [2.75, 3.05) is 0 Å². The molecule has 0 atom stereocenters. The maximum Gasteiger partial charge on any atom is 0.418 e. The van der Waals surface area contributed by atoms with E-state index in [-0.39, 0.29) is 6.07 Å². The van der Waals surface area contributed by atoms with Crippen molar-refractivity contribution in [3.05, 3.63) is 33.8 Å². The van der Waals surface area contributed by atoms with Gasteiger partial charge in [-0.05, 0) is 12.1 Å². The summed E-state index contributed by atoms with van der Waals surface area (Å²) < 4.78 is 74.7. The maximum absolute atomic E-state index is 12.5. The summed E-state index contributed by atoms with van der Waals surface area (Å²) in [5.41, 5.74) is -5.27. The molecule has 0 aliphatic heterocycles.